The van der Waals surface area contributed by atoms with Crippen LogP contribution in [-0.2, 0) is 4.79 Å². The zero-order valence-corrected chi connectivity index (χ0v) is 9.99. The Morgan fingerprint density at radius 3 is 2.13 bits per heavy atom. The maximum Gasteiger partial charge on any atom is 0.227 e. The van der Waals surface area contributed by atoms with Gasteiger partial charge < -0.3 is 10.2 Å². The van der Waals surface area contributed by atoms with Crippen LogP contribution in [0.25, 0.3) is 0 Å². The smallest absolute Gasteiger partial charge is 0.227 e. The molecule has 0 aromatic heterocycles. The fourth-order valence-corrected chi connectivity index (χ4v) is 2.68. The van der Waals surface area contributed by atoms with Gasteiger partial charge in [-0.1, -0.05) is 20.8 Å². The van der Waals surface area contributed by atoms with Crippen molar-refractivity contribution in [3.8, 4) is 0 Å². The number of likely N-dealkylation sites (tertiary alicyclic amines) is 1. The quantitative estimate of drug-likeness (QED) is 0.699. The van der Waals surface area contributed by atoms with E-state index in [0.29, 0.717) is 23.7 Å². The number of carbonyl (C=O) groups excluding carboxylic acids is 1. The van der Waals surface area contributed by atoms with Gasteiger partial charge in [0.1, 0.15) is 0 Å². The summed E-state index contributed by atoms with van der Waals surface area (Å²) in [5.74, 6) is 2.44. The van der Waals surface area contributed by atoms with Gasteiger partial charge in [-0.25, -0.2) is 0 Å². The molecule has 0 bridgehead atoms. The lowest BCUT2D eigenvalue weighted by Gasteiger charge is -2.22. The van der Waals surface area contributed by atoms with E-state index in [2.05, 4.69) is 31.0 Å². The first kappa shape index (κ1) is 10.9. The van der Waals surface area contributed by atoms with E-state index < -0.39 is 0 Å². The molecule has 3 heteroatoms. The van der Waals surface area contributed by atoms with Crippen LogP contribution < -0.4 is 5.32 Å². The predicted octanol–water partition coefficient (Wildman–Crippen LogP) is 0.956. The number of hydrogen-bond acceptors (Lipinski definition) is 2. The van der Waals surface area contributed by atoms with E-state index in [1.807, 2.05) is 0 Å². The molecule has 2 fully saturated rings. The maximum absolute atomic E-state index is 12.2. The highest BCUT2D eigenvalue weighted by atomic mass is 16.2. The minimum Gasteiger partial charge on any atom is -0.342 e. The molecule has 2 heterocycles. The molecule has 0 aromatic rings. The van der Waals surface area contributed by atoms with E-state index in [0.717, 1.165) is 26.2 Å². The summed E-state index contributed by atoms with van der Waals surface area (Å²) >= 11 is 0. The summed E-state index contributed by atoms with van der Waals surface area (Å²) < 4.78 is 0. The normalized spacial score (nSPS) is 41.1. The Bertz CT molecular complexity index is 244. The molecule has 0 aromatic carbocycles. The zero-order valence-electron chi connectivity index (χ0n) is 9.99. The van der Waals surface area contributed by atoms with Gasteiger partial charge >= 0.3 is 0 Å². The molecule has 0 aliphatic carbocycles. The molecular weight excluding hydrogens is 188 g/mol. The van der Waals surface area contributed by atoms with Crippen molar-refractivity contribution in [2.75, 3.05) is 26.2 Å². The fraction of sp³-hybridized carbons (Fsp3) is 0.917. The van der Waals surface area contributed by atoms with Gasteiger partial charge in [0.25, 0.3) is 0 Å². The number of nitrogens with one attached hydrogen (secondary N) is 1. The van der Waals surface area contributed by atoms with Crippen molar-refractivity contribution in [1.82, 2.24) is 10.2 Å². The molecule has 0 radical (unpaired) electrons. The van der Waals surface area contributed by atoms with Crippen molar-refractivity contribution in [3.05, 3.63) is 0 Å². The Balaban J connectivity index is 1.97. The average Bonchev–Trinajstić information content (AvgIpc) is 2.74. The molecule has 2 aliphatic heterocycles. The van der Waals surface area contributed by atoms with Crippen molar-refractivity contribution in [2.45, 2.75) is 20.8 Å². The molecule has 4 unspecified atom stereocenters. The third-order valence-electron chi connectivity index (χ3n) is 4.13. The van der Waals surface area contributed by atoms with Crippen molar-refractivity contribution in [2.24, 2.45) is 23.7 Å². The molecule has 2 saturated heterocycles. The maximum atomic E-state index is 12.2. The highest BCUT2D eigenvalue weighted by molar-refractivity contribution is 5.80. The molecule has 0 spiro atoms. The summed E-state index contributed by atoms with van der Waals surface area (Å²) in [5, 5.41) is 3.30. The first-order chi connectivity index (χ1) is 7.09. The van der Waals surface area contributed by atoms with Gasteiger partial charge in [0.2, 0.25) is 5.91 Å². The second kappa shape index (κ2) is 4.12. The number of amides is 1. The summed E-state index contributed by atoms with van der Waals surface area (Å²) in [6.45, 7) is 10.5. The molecule has 3 nitrogen and oxygen atoms in total. The largest absolute Gasteiger partial charge is 0.342 e. The van der Waals surface area contributed by atoms with Gasteiger partial charge in [0.05, 0.1) is 5.92 Å². The Morgan fingerprint density at radius 1 is 1.07 bits per heavy atom. The van der Waals surface area contributed by atoms with Gasteiger partial charge in [-0.2, -0.15) is 0 Å². The Kier molecular flexibility index (Phi) is 3.01. The van der Waals surface area contributed by atoms with Gasteiger partial charge in [-0.3, -0.25) is 4.79 Å². The second-order valence-electron chi connectivity index (χ2n) is 5.44. The monoisotopic (exact) mass is 210 g/mol. The van der Waals surface area contributed by atoms with Crippen molar-refractivity contribution < 1.29 is 4.79 Å². The van der Waals surface area contributed by atoms with Crippen molar-refractivity contribution >= 4 is 5.91 Å². The fourth-order valence-electron chi connectivity index (χ4n) is 2.68. The topological polar surface area (TPSA) is 32.3 Å². The van der Waals surface area contributed by atoms with E-state index in [9.17, 15) is 4.79 Å². The summed E-state index contributed by atoms with van der Waals surface area (Å²) in [6, 6.07) is 0. The van der Waals surface area contributed by atoms with Crippen LogP contribution in [-0.4, -0.2) is 37.0 Å². The lowest BCUT2D eigenvalue weighted by Crippen LogP contribution is -2.37. The van der Waals surface area contributed by atoms with Gasteiger partial charge in [-0.05, 0) is 24.3 Å². The highest BCUT2D eigenvalue weighted by Crippen LogP contribution is 2.26. The van der Waals surface area contributed by atoms with Crippen LogP contribution in [0.1, 0.15) is 20.8 Å². The number of rotatable bonds is 1. The first-order valence-electron chi connectivity index (χ1n) is 6.09. The van der Waals surface area contributed by atoms with Crippen LogP contribution >= 0.6 is 0 Å². The Morgan fingerprint density at radius 2 is 1.67 bits per heavy atom. The van der Waals surface area contributed by atoms with Gasteiger partial charge in [-0.15, -0.1) is 0 Å². The standard InChI is InChI=1S/C12H22N2O/c1-8-4-13-5-11(8)12(15)14-6-9(2)10(3)7-14/h8-11,13H,4-7H2,1-3H3. The SMILES string of the molecule is CC1CN(C(=O)C2CNCC2C)CC1C. The minimum absolute atomic E-state index is 0.225. The van der Waals surface area contributed by atoms with Crippen molar-refractivity contribution in [3.63, 3.8) is 0 Å². The van der Waals surface area contributed by atoms with Crippen LogP contribution in [0.2, 0.25) is 0 Å². The molecular formula is C12H22N2O. The zero-order chi connectivity index (χ0) is 11.0. The van der Waals surface area contributed by atoms with Gasteiger partial charge in [0.15, 0.2) is 0 Å². The van der Waals surface area contributed by atoms with E-state index in [1.165, 1.54) is 0 Å². The summed E-state index contributed by atoms with van der Waals surface area (Å²) in [5.41, 5.74) is 0. The van der Waals surface area contributed by atoms with Crippen LogP contribution in [0.15, 0.2) is 0 Å². The summed E-state index contributed by atoms with van der Waals surface area (Å²) in [6.07, 6.45) is 0. The molecule has 86 valence electrons. The number of carbonyl (C=O) groups is 1. The van der Waals surface area contributed by atoms with Crippen molar-refractivity contribution in [1.29, 1.82) is 0 Å². The summed E-state index contributed by atoms with van der Waals surface area (Å²) in [4.78, 5) is 14.3. The van der Waals surface area contributed by atoms with Crippen LogP contribution in [0.4, 0.5) is 0 Å². The lowest BCUT2D eigenvalue weighted by molar-refractivity contribution is -0.135. The molecule has 1 N–H and O–H groups in total. The minimum atomic E-state index is 0.225. The molecule has 15 heavy (non-hydrogen) atoms. The Labute approximate surface area is 92.2 Å². The molecule has 1 amide bonds. The lowest BCUT2D eigenvalue weighted by atomic mass is 9.97. The van der Waals surface area contributed by atoms with E-state index in [1.54, 1.807) is 0 Å². The summed E-state index contributed by atoms with van der Waals surface area (Å²) in [7, 11) is 0. The number of nitrogens with zero attached hydrogens (tertiary/aromatic N) is 1. The number of hydrogen-bond donors (Lipinski definition) is 1. The third kappa shape index (κ3) is 2.03. The van der Waals surface area contributed by atoms with E-state index in [-0.39, 0.29) is 5.92 Å². The average molecular weight is 210 g/mol. The molecule has 2 rings (SSSR count). The van der Waals surface area contributed by atoms with E-state index in [4.69, 9.17) is 0 Å². The highest BCUT2D eigenvalue weighted by Gasteiger charge is 2.36. The third-order valence-corrected chi connectivity index (χ3v) is 4.13. The molecule has 4 atom stereocenters. The van der Waals surface area contributed by atoms with Crippen LogP contribution in [0.3, 0.4) is 0 Å². The Hall–Kier alpha value is -0.570. The molecule has 2 aliphatic rings. The predicted molar refractivity (Wildman–Crippen MR) is 60.4 cm³/mol. The molecule has 0 saturated carbocycles. The van der Waals surface area contributed by atoms with Gasteiger partial charge in [0, 0.05) is 19.6 Å². The van der Waals surface area contributed by atoms with Crippen LogP contribution in [0, 0.1) is 23.7 Å². The van der Waals surface area contributed by atoms with E-state index >= 15 is 0 Å². The first-order valence-corrected chi connectivity index (χ1v) is 6.09. The van der Waals surface area contributed by atoms with Crippen LogP contribution in [0.5, 0.6) is 0 Å². The second-order valence-corrected chi connectivity index (χ2v) is 5.44.